The van der Waals surface area contributed by atoms with Crippen LogP contribution in [0.1, 0.15) is 221 Å². The summed E-state index contributed by atoms with van der Waals surface area (Å²) >= 11 is 0. The molecular formula is C50H98N2O4. The Morgan fingerprint density at radius 2 is 0.911 bits per heavy atom. The lowest BCUT2D eigenvalue weighted by Crippen LogP contribution is -2.39. The van der Waals surface area contributed by atoms with Crippen molar-refractivity contribution < 1.29 is 19.0 Å². The number of ether oxygens (including phenoxy) is 3. The maximum Gasteiger partial charge on any atom is 0.407 e. The molecule has 0 bridgehead atoms. The zero-order valence-electron chi connectivity index (χ0n) is 38.6. The molecule has 1 atom stereocenters. The number of carbonyl (C=O) groups is 1. The topological polar surface area (TPSA) is 60.0 Å². The Morgan fingerprint density at radius 1 is 0.518 bits per heavy atom. The first kappa shape index (κ1) is 54.6. The fraction of sp³-hybridized carbons (Fsp3) is 0.900. The van der Waals surface area contributed by atoms with Gasteiger partial charge in [0.05, 0.1) is 6.61 Å². The van der Waals surface area contributed by atoms with Crippen LogP contribution >= 0.6 is 0 Å². The van der Waals surface area contributed by atoms with Crippen LogP contribution in [0.3, 0.4) is 0 Å². The van der Waals surface area contributed by atoms with E-state index in [4.69, 9.17) is 14.2 Å². The van der Waals surface area contributed by atoms with E-state index in [0.29, 0.717) is 31.6 Å². The first-order valence-corrected chi connectivity index (χ1v) is 24.5. The lowest BCUT2D eigenvalue weighted by Gasteiger charge is -2.26. The number of unbranched alkanes of at least 4 members (excludes halogenated alkanes) is 24. The molecule has 0 rings (SSSR count). The van der Waals surface area contributed by atoms with Crippen molar-refractivity contribution in [2.24, 2.45) is 11.8 Å². The van der Waals surface area contributed by atoms with Crippen LogP contribution in [0.5, 0.6) is 0 Å². The van der Waals surface area contributed by atoms with Gasteiger partial charge in [-0.2, -0.15) is 0 Å². The Kier molecular flexibility index (Phi) is 43.6. The van der Waals surface area contributed by atoms with Crippen molar-refractivity contribution in [3.63, 3.8) is 0 Å². The van der Waals surface area contributed by atoms with Gasteiger partial charge in [0.2, 0.25) is 0 Å². The highest BCUT2D eigenvalue weighted by molar-refractivity contribution is 5.67. The van der Waals surface area contributed by atoms with Crippen LogP contribution in [0.15, 0.2) is 24.3 Å². The summed E-state index contributed by atoms with van der Waals surface area (Å²) in [6.45, 7) is 19.2. The Morgan fingerprint density at radius 3 is 1.34 bits per heavy atom. The van der Waals surface area contributed by atoms with E-state index in [0.717, 1.165) is 39.1 Å². The lowest BCUT2D eigenvalue weighted by molar-refractivity contribution is -0.0468. The number of alkyl carbamates (subject to hydrolysis) is 1. The predicted octanol–water partition coefficient (Wildman–Crippen LogP) is 14.8. The largest absolute Gasteiger partial charge is 0.447 e. The van der Waals surface area contributed by atoms with E-state index in [-0.39, 0.29) is 18.8 Å². The second kappa shape index (κ2) is 44.7. The minimum Gasteiger partial charge on any atom is -0.447 e. The number of hydrogen-bond acceptors (Lipinski definition) is 5. The van der Waals surface area contributed by atoms with Gasteiger partial charge in [-0.05, 0) is 76.0 Å². The minimum atomic E-state index is -0.363. The molecule has 6 heteroatoms. The van der Waals surface area contributed by atoms with Crippen molar-refractivity contribution in [3.05, 3.63) is 24.3 Å². The number of hydrogen-bond donors (Lipinski definition) is 1. The van der Waals surface area contributed by atoms with Crippen LogP contribution in [0.2, 0.25) is 0 Å². The van der Waals surface area contributed by atoms with Crippen LogP contribution in [0.25, 0.3) is 0 Å². The van der Waals surface area contributed by atoms with Crippen molar-refractivity contribution >= 4 is 6.09 Å². The zero-order chi connectivity index (χ0) is 41.0. The molecule has 0 heterocycles. The highest BCUT2D eigenvalue weighted by Gasteiger charge is 2.14. The third-order valence-electron chi connectivity index (χ3n) is 10.5. The highest BCUT2D eigenvalue weighted by Crippen LogP contribution is 2.13. The van der Waals surface area contributed by atoms with E-state index in [1.165, 1.54) is 167 Å². The molecule has 0 aromatic heterocycles. The standard InChI is InChI=1S/C50H98N2O4/c1-7-9-11-13-15-17-19-21-23-25-27-29-31-33-35-37-41-54-45-49(46-56-50(53)51-39-40-52(43-47(3)4)44-48(5)6)55-42-38-36-34-32-30-28-26-24-22-20-18-16-14-12-10-8-2/h21-24,47-49H,7-20,25-46H2,1-6H3,(H,51,53)/b23-21-,24-22-. The van der Waals surface area contributed by atoms with Gasteiger partial charge in [0.1, 0.15) is 12.7 Å². The molecule has 1 N–H and O–H groups in total. The first-order valence-electron chi connectivity index (χ1n) is 24.5. The van der Waals surface area contributed by atoms with Gasteiger partial charge in [0.25, 0.3) is 0 Å². The van der Waals surface area contributed by atoms with Crippen molar-refractivity contribution in [3.8, 4) is 0 Å². The van der Waals surface area contributed by atoms with Gasteiger partial charge in [-0.15, -0.1) is 0 Å². The fourth-order valence-corrected chi connectivity index (χ4v) is 7.24. The molecule has 56 heavy (non-hydrogen) atoms. The number of nitrogens with one attached hydrogen (secondary N) is 1. The molecule has 0 aliphatic rings. The molecule has 0 saturated carbocycles. The Labute approximate surface area is 350 Å². The number of amides is 1. The molecule has 0 fully saturated rings. The second-order valence-corrected chi connectivity index (χ2v) is 17.5. The van der Waals surface area contributed by atoms with E-state index in [1.54, 1.807) is 0 Å². The van der Waals surface area contributed by atoms with Gasteiger partial charge in [-0.25, -0.2) is 4.79 Å². The average molecular weight is 791 g/mol. The summed E-state index contributed by atoms with van der Waals surface area (Å²) < 4.78 is 17.9. The maximum atomic E-state index is 12.6. The van der Waals surface area contributed by atoms with Gasteiger partial charge >= 0.3 is 6.09 Å². The van der Waals surface area contributed by atoms with Gasteiger partial charge in [0, 0.05) is 39.4 Å². The quantitative estimate of drug-likeness (QED) is 0.0492. The van der Waals surface area contributed by atoms with Gasteiger partial charge in [0.15, 0.2) is 0 Å². The summed E-state index contributed by atoms with van der Waals surface area (Å²) in [7, 11) is 0. The normalized spacial score (nSPS) is 12.7. The van der Waals surface area contributed by atoms with E-state index in [1.807, 2.05) is 0 Å². The number of carbonyl (C=O) groups excluding carboxylic acids is 1. The summed E-state index contributed by atoms with van der Waals surface area (Å²) in [5, 5.41) is 2.96. The Bertz CT molecular complexity index is 835. The van der Waals surface area contributed by atoms with Gasteiger partial charge < -0.3 is 24.4 Å². The molecule has 6 nitrogen and oxygen atoms in total. The van der Waals surface area contributed by atoms with Crippen molar-refractivity contribution in [1.29, 1.82) is 0 Å². The number of rotatable bonds is 44. The lowest BCUT2D eigenvalue weighted by atomic mass is 10.1. The van der Waals surface area contributed by atoms with E-state index < -0.39 is 0 Å². The monoisotopic (exact) mass is 791 g/mol. The predicted molar refractivity (Wildman–Crippen MR) is 245 cm³/mol. The molecule has 0 aromatic carbocycles. The average Bonchev–Trinajstić information content (AvgIpc) is 3.16. The van der Waals surface area contributed by atoms with E-state index in [2.05, 4.69) is 76.1 Å². The summed E-state index contributed by atoms with van der Waals surface area (Å²) in [5.41, 5.74) is 0. The van der Waals surface area contributed by atoms with Gasteiger partial charge in [-0.1, -0.05) is 181 Å². The van der Waals surface area contributed by atoms with Crippen molar-refractivity contribution in [2.75, 3.05) is 52.6 Å². The highest BCUT2D eigenvalue weighted by atomic mass is 16.6. The summed E-state index contributed by atoms with van der Waals surface area (Å²) in [4.78, 5) is 15.0. The summed E-state index contributed by atoms with van der Waals surface area (Å²) in [5.74, 6) is 1.20. The molecule has 0 aliphatic carbocycles. The molecule has 1 unspecified atom stereocenters. The molecule has 0 aliphatic heterocycles. The van der Waals surface area contributed by atoms with Crippen LogP contribution in [-0.2, 0) is 14.2 Å². The summed E-state index contributed by atoms with van der Waals surface area (Å²) in [6.07, 6.45) is 45.4. The third-order valence-corrected chi connectivity index (χ3v) is 10.5. The van der Waals surface area contributed by atoms with E-state index in [9.17, 15) is 4.79 Å². The van der Waals surface area contributed by atoms with Crippen molar-refractivity contribution in [1.82, 2.24) is 10.2 Å². The van der Waals surface area contributed by atoms with Crippen LogP contribution in [0.4, 0.5) is 4.79 Å². The fourth-order valence-electron chi connectivity index (χ4n) is 7.24. The van der Waals surface area contributed by atoms with E-state index >= 15 is 0 Å². The Hall–Kier alpha value is -1.37. The number of allylic oxidation sites excluding steroid dienone is 4. The number of nitrogens with zero attached hydrogens (tertiary/aromatic N) is 1. The molecule has 332 valence electrons. The van der Waals surface area contributed by atoms with Crippen LogP contribution in [0, 0.1) is 11.8 Å². The SMILES string of the molecule is CCCCCCCC/C=C\CCCCCCCCOCC(COC(=O)NCCN(CC(C)C)CC(C)C)OCCCCCCCC/C=C\CCCCCCCC. The Balaban J connectivity index is 4.26. The molecule has 0 saturated heterocycles. The molecule has 1 amide bonds. The molecule has 0 spiro atoms. The van der Waals surface area contributed by atoms with Crippen molar-refractivity contribution in [2.45, 2.75) is 227 Å². The smallest absolute Gasteiger partial charge is 0.407 e. The summed E-state index contributed by atoms with van der Waals surface area (Å²) in [6, 6.07) is 0. The molecule has 0 aromatic rings. The van der Waals surface area contributed by atoms with Crippen LogP contribution < -0.4 is 5.32 Å². The van der Waals surface area contributed by atoms with Crippen LogP contribution in [-0.4, -0.2) is 69.7 Å². The first-order chi connectivity index (χ1) is 27.4. The maximum absolute atomic E-state index is 12.6. The molecule has 0 radical (unpaired) electrons. The molecular weight excluding hydrogens is 693 g/mol. The van der Waals surface area contributed by atoms with Gasteiger partial charge in [-0.3, -0.25) is 0 Å². The zero-order valence-corrected chi connectivity index (χ0v) is 38.6. The second-order valence-electron chi connectivity index (χ2n) is 17.5. The third kappa shape index (κ3) is 43.7. The minimum absolute atomic E-state index is 0.226.